The molecule has 0 aliphatic carbocycles. The molecule has 0 saturated heterocycles. The monoisotopic (exact) mass is 294 g/mol. The standard InChI is InChI=1S/C12H14N4OS2/c13-7-6-11-15-16-12(19-11)14-10(17)8-18-9-4-2-1-3-5-9/h1-5H,6-8,13H2,(H,14,16,17). The van der Waals surface area contributed by atoms with Crippen molar-refractivity contribution in [3.05, 3.63) is 35.3 Å². The van der Waals surface area contributed by atoms with Crippen LogP contribution in [0.15, 0.2) is 35.2 Å². The van der Waals surface area contributed by atoms with E-state index in [4.69, 9.17) is 5.73 Å². The van der Waals surface area contributed by atoms with E-state index in [1.165, 1.54) is 23.1 Å². The van der Waals surface area contributed by atoms with Crippen molar-refractivity contribution in [3.63, 3.8) is 0 Å². The molecular weight excluding hydrogens is 280 g/mol. The van der Waals surface area contributed by atoms with Gasteiger partial charge in [-0.25, -0.2) is 0 Å². The zero-order valence-electron chi connectivity index (χ0n) is 10.2. The molecule has 3 N–H and O–H groups in total. The molecule has 0 fully saturated rings. The summed E-state index contributed by atoms with van der Waals surface area (Å²) in [4.78, 5) is 12.8. The van der Waals surface area contributed by atoms with E-state index >= 15 is 0 Å². The summed E-state index contributed by atoms with van der Waals surface area (Å²) in [5, 5.41) is 12.0. The highest BCUT2D eigenvalue weighted by atomic mass is 32.2. The largest absolute Gasteiger partial charge is 0.330 e. The lowest BCUT2D eigenvalue weighted by molar-refractivity contribution is -0.113. The fraction of sp³-hybridized carbons (Fsp3) is 0.250. The molecule has 0 aliphatic rings. The van der Waals surface area contributed by atoms with Crippen LogP contribution in [0, 0.1) is 0 Å². The number of nitrogens with one attached hydrogen (secondary N) is 1. The Morgan fingerprint density at radius 1 is 1.32 bits per heavy atom. The number of carbonyl (C=O) groups excluding carboxylic acids is 1. The average Bonchev–Trinajstić information content (AvgIpc) is 2.85. The first kappa shape index (κ1) is 14.0. The molecule has 2 aromatic rings. The molecule has 2 rings (SSSR count). The van der Waals surface area contributed by atoms with Crippen LogP contribution in [0.1, 0.15) is 5.01 Å². The number of nitrogens with zero attached hydrogens (tertiary/aromatic N) is 2. The maximum Gasteiger partial charge on any atom is 0.236 e. The number of carbonyl (C=O) groups is 1. The fourth-order valence-corrected chi connectivity index (χ4v) is 2.84. The average molecular weight is 294 g/mol. The molecule has 0 atom stereocenters. The van der Waals surface area contributed by atoms with Gasteiger partial charge in [0.15, 0.2) is 0 Å². The number of amides is 1. The molecule has 100 valence electrons. The van der Waals surface area contributed by atoms with E-state index in [-0.39, 0.29) is 5.91 Å². The predicted octanol–water partition coefficient (Wildman–Crippen LogP) is 1.77. The number of nitrogens with two attached hydrogens (primary N) is 1. The second kappa shape index (κ2) is 7.22. The van der Waals surface area contributed by atoms with Crippen molar-refractivity contribution in [2.45, 2.75) is 11.3 Å². The molecule has 0 bridgehead atoms. The van der Waals surface area contributed by atoms with Crippen LogP contribution in [0.3, 0.4) is 0 Å². The summed E-state index contributed by atoms with van der Waals surface area (Å²) in [5.41, 5.74) is 5.43. The van der Waals surface area contributed by atoms with Crippen molar-refractivity contribution < 1.29 is 4.79 Å². The SMILES string of the molecule is NCCc1nnc(NC(=O)CSc2ccccc2)s1. The van der Waals surface area contributed by atoms with Crippen molar-refractivity contribution in [1.29, 1.82) is 0 Å². The van der Waals surface area contributed by atoms with Gasteiger partial charge >= 0.3 is 0 Å². The van der Waals surface area contributed by atoms with Crippen LogP contribution >= 0.6 is 23.1 Å². The summed E-state index contributed by atoms with van der Waals surface area (Å²) >= 11 is 2.85. The van der Waals surface area contributed by atoms with E-state index in [0.29, 0.717) is 23.8 Å². The molecule has 0 aliphatic heterocycles. The van der Waals surface area contributed by atoms with E-state index in [1.807, 2.05) is 30.3 Å². The molecule has 0 saturated carbocycles. The Morgan fingerprint density at radius 3 is 2.84 bits per heavy atom. The predicted molar refractivity (Wildman–Crippen MR) is 78.5 cm³/mol. The minimum absolute atomic E-state index is 0.0794. The second-order valence-electron chi connectivity index (χ2n) is 3.69. The third-order valence-electron chi connectivity index (χ3n) is 2.18. The van der Waals surface area contributed by atoms with Crippen LogP contribution in [-0.4, -0.2) is 28.4 Å². The van der Waals surface area contributed by atoms with E-state index in [9.17, 15) is 4.79 Å². The van der Waals surface area contributed by atoms with Gasteiger partial charge in [0.05, 0.1) is 5.75 Å². The number of rotatable bonds is 6. The minimum atomic E-state index is -0.0794. The Hall–Kier alpha value is -1.44. The van der Waals surface area contributed by atoms with Gasteiger partial charge in [0, 0.05) is 11.3 Å². The molecule has 0 spiro atoms. The van der Waals surface area contributed by atoms with Gasteiger partial charge in [0.1, 0.15) is 5.01 Å². The third kappa shape index (κ3) is 4.62. The number of benzene rings is 1. The highest BCUT2D eigenvalue weighted by Gasteiger charge is 2.08. The third-order valence-corrected chi connectivity index (χ3v) is 4.10. The van der Waals surface area contributed by atoms with E-state index in [0.717, 1.165) is 9.90 Å². The number of aromatic nitrogens is 2. The molecule has 0 radical (unpaired) electrons. The topological polar surface area (TPSA) is 80.9 Å². The summed E-state index contributed by atoms with van der Waals surface area (Å²) in [5.74, 6) is 0.278. The highest BCUT2D eigenvalue weighted by molar-refractivity contribution is 8.00. The quantitative estimate of drug-likeness (QED) is 0.794. The van der Waals surface area contributed by atoms with Crippen molar-refractivity contribution >= 4 is 34.1 Å². The summed E-state index contributed by atoms with van der Waals surface area (Å²) in [6, 6.07) is 9.79. The Bertz CT molecular complexity index is 530. The first-order chi connectivity index (χ1) is 9.28. The summed E-state index contributed by atoms with van der Waals surface area (Å²) < 4.78 is 0. The normalized spacial score (nSPS) is 10.4. The lowest BCUT2D eigenvalue weighted by atomic mass is 10.4. The lowest BCUT2D eigenvalue weighted by Gasteiger charge is -2.01. The lowest BCUT2D eigenvalue weighted by Crippen LogP contribution is -2.13. The van der Waals surface area contributed by atoms with Crippen LogP contribution in [-0.2, 0) is 11.2 Å². The maximum absolute atomic E-state index is 11.7. The van der Waals surface area contributed by atoms with E-state index in [1.54, 1.807) is 0 Å². The summed E-state index contributed by atoms with van der Waals surface area (Å²) in [7, 11) is 0. The summed E-state index contributed by atoms with van der Waals surface area (Å²) in [6.45, 7) is 0.534. The van der Waals surface area contributed by atoms with Crippen molar-refractivity contribution in [2.24, 2.45) is 5.73 Å². The van der Waals surface area contributed by atoms with Gasteiger partial charge in [0.2, 0.25) is 11.0 Å². The van der Waals surface area contributed by atoms with Gasteiger partial charge in [-0.1, -0.05) is 29.5 Å². The van der Waals surface area contributed by atoms with Crippen molar-refractivity contribution in [3.8, 4) is 0 Å². The molecule has 1 amide bonds. The second-order valence-corrected chi connectivity index (χ2v) is 5.80. The molecule has 7 heteroatoms. The Labute approximate surface area is 119 Å². The number of hydrogen-bond donors (Lipinski definition) is 2. The minimum Gasteiger partial charge on any atom is -0.330 e. The van der Waals surface area contributed by atoms with Gasteiger partial charge in [-0.3, -0.25) is 10.1 Å². The fourth-order valence-electron chi connectivity index (χ4n) is 1.35. The molecule has 5 nitrogen and oxygen atoms in total. The van der Waals surface area contributed by atoms with Crippen molar-refractivity contribution in [2.75, 3.05) is 17.6 Å². The van der Waals surface area contributed by atoms with Crippen LogP contribution in [0.2, 0.25) is 0 Å². The number of anilines is 1. The Balaban J connectivity index is 1.80. The zero-order chi connectivity index (χ0) is 13.5. The van der Waals surface area contributed by atoms with Crippen LogP contribution in [0.25, 0.3) is 0 Å². The smallest absolute Gasteiger partial charge is 0.236 e. The van der Waals surface area contributed by atoms with Gasteiger partial charge in [-0.2, -0.15) is 0 Å². The highest BCUT2D eigenvalue weighted by Crippen LogP contribution is 2.19. The molecular formula is C12H14N4OS2. The van der Waals surface area contributed by atoms with Gasteiger partial charge < -0.3 is 5.73 Å². The zero-order valence-corrected chi connectivity index (χ0v) is 11.8. The van der Waals surface area contributed by atoms with Gasteiger partial charge in [0.25, 0.3) is 0 Å². The van der Waals surface area contributed by atoms with Crippen LogP contribution in [0.5, 0.6) is 0 Å². The molecule has 1 aromatic carbocycles. The summed E-state index contributed by atoms with van der Waals surface area (Å²) in [6.07, 6.45) is 0.687. The first-order valence-electron chi connectivity index (χ1n) is 5.78. The number of thioether (sulfide) groups is 1. The van der Waals surface area contributed by atoms with E-state index < -0.39 is 0 Å². The maximum atomic E-state index is 11.7. The molecule has 0 unspecified atom stereocenters. The Kier molecular flexibility index (Phi) is 5.31. The molecule has 1 aromatic heterocycles. The first-order valence-corrected chi connectivity index (χ1v) is 7.58. The molecule has 1 heterocycles. The number of hydrogen-bond acceptors (Lipinski definition) is 6. The Morgan fingerprint density at radius 2 is 2.11 bits per heavy atom. The van der Waals surface area contributed by atoms with Gasteiger partial charge in [-0.05, 0) is 18.7 Å². The van der Waals surface area contributed by atoms with Gasteiger partial charge in [-0.15, -0.1) is 22.0 Å². The molecule has 19 heavy (non-hydrogen) atoms. The van der Waals surface area contributed by atoms with Crippen LogP contribution in [0.4, 0.5) is 5.13 Å². The van der Waals surface area contributed by atoms with E-state index in [2.05, 4.69) is 15.5 Å². The van der Waals surface area contributed by atoms with Crippen LogP contribution < -0.4 is 11.1 Å². The van der Waals surface area contributed by atoms with Crippen molar-refractivity contribution in [1.82, 2.24) is 10.2 Å².